The fraction of sp³-hybridized carbons (Fsp3) is 0.450. The first-order chi connectivity index (χ1) is 11.2. The molecule has 0 aliphatic rings. The lowest BCUT2D eigenvalue weighted by molar-refractivity contribution is -0.155. The van der Waals surface area contributed by atoms with Crippen LogP contribution in [0.2, 0.25) is 0 Å². The van der Waals surface area contributed by atoms with Crippen LogP contribution in [0.1, 0.15) is 38.8 Å². The Bertz CT molecular complexity index is 618. The van der Waals surface area contributed by atoms with Crippen LogP contribution in [0.15, 0.2) is 34.8 Å². The Labute approximate surface area is 155 Å². The van der Waals surface area contributed by atoms with Crippen molar-refractivity contribution in [1.29, 1.82) is 0 Å². The summed E-state index contributed by atoms with van der Waals surface area (Å²) in [5.41, 5.74) is 1.49. The first-order valence-electron chi connectivity index (χ1n) is 7.89. The van der Waals surface area contributed by atoms with Crippen LogP contribution in [0.5, 0.6) is 0 Å². The summed E-state index contributed by atoms with van der Waals surface area (Å²) in [6.07, 6.45) is 7.57. The van der Waals surface area contributed by atoms with Gasteiger partial charge in [-0.3, -0.25) is 4.79 Å². The molecule has 0 aliphatic carbocycles. The van der Waals surface area contributed by atoms with Crippen molar-refractivity contribution in [3.05, 3.63) is 46.0 Å². The molecule has 1 atom stereocenters. The molecule has 24 heavy (non-hydrogen) atoms. The molecule has 0 bridgehead atoms. The quantitative estimate of drug-likeness (QED) is 0.468. The van der Waals surface area contributed by atoms with E-state index in [9.17, 15) is 4.79 Å². The van der Waals surface area contributed by atoms with Crippen LogP contribution in [0.4, 0.5) is 0 Å². The molecule has 130 valence electrons. The summed E-state index contributed by atoms with van der Waals surface area (Å²) < 4.78 is 5.68. The van der Waals surface area contributed by atoms with Crippen LogP contribution in [-0.2, 0) is 22.6 Å². The van der Waals surface area contributed by atoms with E-state index < -0.39 is 5.41 Å². The van der Waals surface area contributed by atoms with Gasteiger partial charge in [0.05, 0.1) is 5.92 Å². The molecule has 0 spiro atoms. The molecule has 1 aromatic carbocycles. The van der Waals surface area contributed by atoms with Crippen LogP contribution in [0.25, 0.3) is 0 Å². The van der Waals surface area contributed by atoms with Gasteiger partial charge in [-0.05, 0) is 28.5 Å². The SMILES string of the molecule is C#CCc1ccc(COC(=O)C(C(C)C)C(C)(C)C=C(Cl)Cl)cc1. The van der Waals surface area contributed by atoms with Crippen LogP contribution >= 0.6 is 23.2 Å². The number of rotatable bonds is 7. The van der Waals surface area contributed by atoms with Gasteiger partial charge in [-0.1, -0.05) is 75.2 Å². The lowest BCUT2D eigenvalue weighted by atomic mass is 9.73. The Morgan fingerprint density at radius 2 is 1.79 bits per heavy atom. The van der Waals surface area contributed by atoms with Gasteiger partial charge in [0, 0.05) is 6.42 Å². The van der Waals surface area contributed by atoms with Gasteiger partial charge in [0.15, 0.2) is 0 Å². The number of benzene rings is 1. The van der Waals surface area contributed by atoms with Crippen molar-refractivity contribution < 1.29 is 9.53 Å². The molecule has 0 heterocycles. The summed E-state index contributed by atoms with van der Waals surface area (Å²) in [6.45, 7) is 8.06. The third-order valence-corrected chi connectivity index (χ3v) is 4.13. The predicted molar refractivity (Wildman–Crippen MR) is 101 cm³/mol. The number of halogens is 2. The van der Waals surface area contributed by atoms with E-state index in [4.69, 9.17) is 34.4 Å². The third-order valence-electron chi connectivity index (χ3n) is 3.91. The minimum Gasteiger partial charge on any atom is -0.461 e. The van der Waals surface area contributed by atoms with Gasteiger partial charge in [0.2, 0.25) is 0 Å². The number of hydrogen-bond donors (Lipinski definition) is 0. The van der Waals surface area contributed by atoms with E-state index in [0.29, 0.717) is 6.42 Å². The van der Waals surface area contributed by atoms with E-state index in [-0.39, 0.29) is 28.9 Å². The average Bonchev–Trinajstić information content (AvgIpc) is 2.44. The van der Waals surface area contributed by atoms with Crippen molar-refractivity contribution in [1.82, 2.24) is 0 Å². The van der Waals surface area contributed by atoms with Crippen molar-refractivity contribution in [2.75, 3.05) is 0 Å². The number of esters is 1. The van der Waals surface area contributed by atoms with Gasteiger partial charge in [-0.25, -0.2) is 0 Å². The van der Waals surface area contributed by atoms with Crippen molar-refractivity contribution in [2.24, 2.45) is 17.3 Å². The number of allylic oxidation sites excluding steroid dienone is 1. The van der Waals surface area contributed by atoms with Gasteiger partial charge in [0.1, 0.15) is 11.1 Å². The highest BCUT2D eigenvalue weighted by Crippen LogP contribution is 2.37. The molecule has 0 saturated heterocycles. The molecular weight excluding hydrogens is 343 g/mol. The van der Waals surface area contributed by atoms with Crippen molar-refractivity contribution in [2.45, 2.75) is 40.7 Å². The molecule has 0 fully saturated rings. The average molecular weight is 367 g/mol. The maximum atomic E-state index is 12.6. The van der Waals surface area contributed by atoms with Gasteiger partial charge < -0.3 is 4.74 Å². The lowest BCUT2D eigenvalue weighted by Crippen LogP contribution is -2.35. The monoisotopic (exact) mass is 366 g/mol. The summed E-state index contributed by atoms with van der Waals surface area (Å²) in [6, 6.07) is 7.74. The zero-order valence-corrected chi connectivity index (χ0v) is 16.1. The van der Waals surface area contributed by atoms with E-state index in [0.717, 1.165) is 11.1 Å². The molecule has 2 nitrogen and oxygen atoms in total. The van der Waals surface area contributed by atoms with E-state index in [1.165, 1.54) is 0 Å². The Hall–Kier alpha value is -1.43. The number of carbonyl (C=O) groups is 1. The van der Waals surface area contributed by atoms with Crippen LogP contribution in [-0.4, -0.2) is 5.97 Å². The van der Waals surface area contributed by atoms with Gasteiger partial charge in [-0.15, -0.1) is 12.3 Å². The largest absolute Gasteiger partial charge is 0.461 e. The molecule has 0 saturated carbocycles. The van der Waals surface area contributed by atoms with Crippen LogP contribution in [0, 0.1) is 29.6 Å². The number of ether oxygens (including phenoxy) is 1. The number of carbonyl (C=O) groups excluding carboxylic acids is 1. The molecule has 0 N–H and O–H groups in total. The van der Waals surface area contributed by atoms with Crippen molar-refractivity contribution >= 4 is 29.2 Å². The highest BCUT2D eigenvalue weighted by atomic mass is 35.5. The molecule has 0 aliphatic heterocycles. The van der Waals surface area contributed by atoms with Crippen LogP contribution in [0.3, 0.4) is 0 Å². The van der Waals surface area contributed by atoms with E-state index in [2.05, 4.69) is 5.92 Å². The first-order valence-corrected chi connectivity index (χ1v) is 8.64. The Morgan fingerprint density at radius 1 is 1.25 bits per heavy atom. The summed E-state index contributed by atoms with van der Waals surface area (Å²) >= 11 is 11.6. The highest BCUT2D eigenvalue weighted by molar-refractivity contribution is 6.55. The normalized spacial score (nSPS) is 12.4. The van der Waals surface area contributed by atoms with Crippen molar-refractivity contribution in [3.8, 4) is 12.3 Å². The van der Waals surface area contributed by atoms with E-state index in [1.807, 2.05) is 52.0 Å². The number of terminal acetylenes is 1. The molecule has 1 rings (SSSR count). The summed E-state index contributed by atoms with van der Waals surface area (Å²) in [7, 11) is 0. The van der Waals surface area contributed by atoms with Gasteiger partial charge in [0.25, 0.3) is 0 Å². The fourth-order valence-corrected chi connectivity index (χ4v) is 3.48. The van der Waals surface area contributed by atoms with Gasteiger partial charge in [-0.2, -0.15) is 0 Å². The predicted octanol–water partition coefficient (Wildman–Crippen LogP) is 5.52. The van der Waals surface area contributed by atoms with Crippen LogP contribution < -0.4 is 0 Å². The zero-order valence-electron chi connectivity index (χ0n) is 14.6. The lowest BCUT2D eigenvalue weighted by Gasteiger charge is -2.32. The summed E-state index contributed by atoms with van der Waals surface area (Å²) in [4.78, 5) is 12.6. The van der Waals surface area contributed by atoms with E-state index in [1.54, 1.807) is 6.08 Å². The van der Waals surface area contributed by atoms with E-state index >= 15 is 0 Å². The number of hydrogen-bond acceptors (Lipinski definition) is 2. The maximum absolute atomic E-state index is 12.6. The Morgan fingerprint density at radius 3 is 2.25 bits per heavy atom. The second kappa shape index (κ2) is 9.16. The Kier molecular flexibility index (Phi) is 7.87. The molecule has 0 amide bonds. The minimum absolute atomic E-state index is 0.0921. The molecule has 1 unspecified atom stereocenters. The molecule has 4 heteroatoms. The second-order valence-electron chi connectivity index (χ2n) is 6.78. The fourth-order valence-electron chi connectivity index (χ4n) is 2.92. The topological polar surface area (TPSA) is 26.3 Å². The zero-order chi connectivity index (χ0) is 18.3. The minimum atomic E-state index is -0.499. The highest BCUT2D eigenvalue weighted by Gasteiger charge is 2.37. The summed E-state index contributed by atoms with van der Waals surface area (Å²) in [5, 5.41) is 0. The smallest absolute Gasteiger partial charge is 0.310 e. The third kappa shape index (κ3) is 6.23. The molecule has 0 aromatic heterocycles. The van der Waals surface area contributed by atoms with Crippen molar-refractivity contribution in [3.63, 3.8) is 0 Å². The second-order valence-corrected chi connectivity index (χ2v) is 7.79. The molecule has 1 aromatic rings. The first kappa shape index (κ1) is 20.6. The molecule has 0 radical (unpaired) electrons. The van der Waals surface area contributed by atoms with Gasteiger partial charge >= 0.3 is 5.97 Å². The molecular formula is C20H24Cl2O2. The summed E-state index contributed by atoms with van der Waals surface area (Å²) in [5.74, 6) is 2.09. The standard InChI is InChI=1S/C20H24Cl2O2/c1-6-7-15-8-10-16(11-9-15)13-24-19(23)18(14(2)3)20(4,5)12-17(21)22/h1,8-12,14,18H,7,13H2,2-5H3. The maximum Gasteiger partial charge on any atom is 0.310 e. The Balaban J connectivity index is 2.79.